The Morgan fingerprint density at radius 2 is 1.86 bits per heavy atom. The molecular formula is C18H16FN3. The van der Waals surface area contributed by atoms with Crippen LogP contribution in [0.15, 0.2) is 42.6 Å². The van der Waals surface area contributed by atoms with Gasteiger partial charge in [-0.3, -0.25) is 4.40 Å². The number of fused-ring (bicyclic) bond motifs is 1. The van der Waals surface area contributed by atoms with Gasteiger partial charge < -0.3 is 0 Å². The number of hydrogen-bond acceptors (Lipinski definition) is 2. The Hall–Kier alpha value is -2.67. The summed E-state index contributed by atoms with van der Waals surface area (Å²) in [4.78, 5) is 4.56. The third-order valence-electron chi connectivity index (χ3n) is 3.81. The fraction of sp³-hybridized carbons (Fsp3) is 0.222. The second kappa shape index (κ2) is 5.98. The molecule has 1 aromatic carbocycles. The average molecular weight is 293 g/mol. The van der Waals surface area contributed by atoms with Gasteiger partial charge in [-0.15, -0.1) is 0 Å². The van der Waals surface area contributed by atoms with Crippen LogP contribution in [-0.2, 0) is 19.3 Å². The van der Waals surface area contributed by atoms with E-state index in [4.69, 9.17) is 5.26 Å². The molecule has 0 bridgehead atoms. The summed E-state index contributed by atoms with van der Waals surface area (Å²) in [5.74, 6) is -0.331. The highest BCUT2D eigenvalue weighted by Gasteiger charge is 2.13. The maximum absolute atomic E-state index is 13.4. The van der Waals surface area contributed by atoms with Gasteiger partial charge >= 0.3 is 0 Å². The molecule has 0 N–H and O–H groups in total. The Balaban J connectivity index is 2.01. The van der Waals surface area contributed by atoms with Gasteiger partial charge in [-0.05, 0) is 29.7 Å². The average Bonchev–Trinajstić information content (AvgIpc) is 2.86. The summed E-state index contributed by atoms with van der Waals surface area (Å²) in [6, 6.07) is 13.5. The van der Waals surface area contributed by atoms with Gasteiger partial charge in [0.05, 0.1) is 23.9 Å². The predicted molar refractivity (Wildman–Crippen MR) is 83.1 cm³/mol. The lowest BCUT2D eigenvalue weighted by molar-refractivity contribution is 0.618. The van der Waals surface area contributed by atoms with Crippen LogP contribution in [0, 0.1) is 17.1 Å². The Labute approximate surface area is 128 Å². The smallest absolute Gasteiger partial charge is 0.139 e. The van der Waals surface area contributed by atoms with E-state index in [1.807, 2.05) is 0 Å². The molecule has 3 nitrogen and oxygen atoms in total. The molecule has 0 saturated heterocycles. The van der Waals surface area contributed by atoms with Crippen LogP contribution in [0.2, 0.25) is 0 Å². The van der Waals surface area contributed by atoms with E-state index in [1.54, 1.807) is 10.5 Å². The molecule has 0 radical (unpaired) electrons. The Kier molecular flexibility index (Phi) is 3.88. The summed E-state index contributed by atoms with van der Waals surface area (Å²) in [6.45, 7) is 2.12. The van der Waals surface area contributed by atoms with Gasteiger partial charge in [-0.2, -0.15) is 5.26 Å². The van der Waals surface area contributed by atoms with Gasteiger partial charge in [0.25, 0.3) is 0 Å². The Morgan fingerprint density at radius 1 is 1.14 bits per heavy atom. The quantitative estimate of drug-likeness (QED) is 0.736. The van der Waals surface area contributed by atoms with Crippen LogP contribution in [0.1, 0.15) is 29.4 Å². The summed E-state index contributed by atoms with van der Waals surface area (Å²) in [5.41, 5.74) is 4.69. The molecule has 0 saturated carbocycles. The summed E-state index contributed by atoms with van der Waals surface area (Å²) < 4.78 is 15.1. The summed E-state index contributed by atoms with van der Waals surface area (Å²) >= 11 is 0. The van der Waals surface area contributed by atoms with Crippen molar-refractivity contribution in [2.75, 3.05) is 0 Å². The van der Waals surface area contributed by atoms with E-state index < -0.39 is 0 Å². The normalized spacial score (nSPS) is 10.8. The van der Waals surface area contributed by atoms with Crippen molar-refractivity contribution in [3.63, 3.8) is 0 Å². The zero-order valence-electron chi connectivity index (χ0n) is 12.4. The van der Waals surface area contributed by atoms with Crippen molar-refractivity contribution >= 4 is 5.65 Å². The number of rotatable bonds is 4. The summed E-state index contributed by atoms with van der Waals surface area (Å²) in [7, 11) is 0. The van der Waals surface area contributed by atoms with Gasteiger partial charge in [0, 0.05) is 12.6 Å². The van der Waals surface area contributed by atoms with Crippen LogP contribution >= 0.6 is 0 Å². The van der Waals surface area contributed by atoms with E-state index >= 15 is 0 Å². The third kappa shape index (κ3) is 2.71. The van der Waals surface area contributed by atoms with Crippen molar-refractivity contribution in [1.29, 1.82) is 5.26 Å². The second-order valence-corrected chi connectivity index (χ2v) is 5.26. The molecule has 0 aliphatic carbocycles. The SMILES string of the molecule is CCc1ccc(Cc2nc3ccc(F)cn3c2CC#N)cc1. The van der Waals surface area contributed by atoms with E-state index in [1.165, 1.54) is 17.8 Å². The number of benzene rings is 1. The molecule has 0 aliphatic rings. The molecule has 3 aromatic rings. The van der Waals surface area contributed by atoms with E-state index in [0.717, 1.165) is 23.4 Å². The van der Waals surface area contributed by atoms with Gasteiger partial charge in [0.1, 0.15) is 11.5 Å². The number of nitriles is 1. The highest BCUT2D eigenvalue weighted by molar-refractivity contribution is 5.45. The first-order valence-corrected chi connectivity index (χ1v) is 7.31. The first-order valence-electron chi connectivity index (χ1n) is 7.31. The number of pyridine rings is 1. The molecule has 2 heterocycles. The molecule has 0 aliphatic heterocycles. The van der Waals surface area contributed by atoms with Gasteiger partial charge in [-0.25, -0.2) is 9.37 Å². The number of halogens is 1. The van der Waals surface area contributed by atoms with Gasteiger partial charge in [0.2, 0.25) is 0 Å². The van der Waals surface area contributed by atoms with Gasteiger partial charge in [-0.1, -0.05) is 31.2 Å². The van der Waals surface area contributed by atoms with Crippen LogP contribution in [0.4, 0.5) is 4.39 Å². The summed E-state index contributed by atoms with van der Waals surface area (Å²) in [6.07, 6.45) is 3.25. The van der Waals surface area contributed by atoms with E-state index in [-0.39, 0.29) is 12.2 Å². The zero-order chi connectivity index (χ0) is 15.5. The van der Waals surface area contributed by atoms with E-state index in [2.05, 4.69) is 42.2 Å². The second-order valence-electron chi connectivity index (χ2n) is 5.26. The first kappa shape index (κ1) is 14.3. The molecule has 0 fully saturated rings. The van der Waals surface area contributed by atoms with Crippen molar-refractivity contribution in [3.05, 3.63) is 70.9 Å². The molecule has 2 aromatic heterocycles. The zero-order valence-corrected chi connectivity index (χ0v) is 12.4. The molecule has 0 unspecified atom stereocenters. The third-order valence-corrected chi connectivity index (χ3v) is 3.81. The standard InChI is InChI=1S/C18H16FN3/c1-2-13-3-5-14(6-4-13)11-16-17(9-10-20)22-12-15(19)7-8-18(22)21-16/h3-8,12H,2,9,11H2,1H3. The lowest BCUT2D eigenvalue weighted by atomic mass is 10.0. The number of hydrogen-bond donors (Lipinski definition) is 0. The van der Waals surface area contributed by atoms with Crippen molar-refractivity contribution in [2.45, 2.75) is 26.2 Å². The maximum atomic E-state index is 13.4. The minimum Gasteiger partial charge on any atom is -0.300 e. The number of aryl methyl sites for hydroxylation is 1. The minimum absolute atomic E-state index is 0.215. The molecule has 110 valence electrons. The lowest BCUT2D eigenvalue weighted by Gasteiger charge is -2.03. The monoisotopic (exact) mass is 293 g/mol. The van der Waals surface area contributed by atoms with Crippen molar-refractivity contribution in [3.8, 4) is 6.07 Å². The largest absolute Gasteiger partial charge is 0.300 e. The molecule has 4 heteroatoms. The fourth-order valence-corrected chi connectivity index (χ4v) is 2.61. The molecule has 0 spiro atoms. The maximum Gasteiger partial charge on any atom is 0.139 e. The Bertz CT molecular complexity index is 841. The molecule has 3 rings (SSSR count). The number of aromatic nitrogens is 2. The summed E-state index contributed by atoms with van der Waals surface area (Å²) in [5, 5.41) is 9.04. The highest BCUT2D eigenvalue weighted by atomic mass is 19.1. The van der Waals surface area contributed by atoms with E-state index in [9.17, 15) is 4.39 Å². The van der Waals surface area contributed by atoms with Crippen molar-refractivity contribution in [2.24, 2.45) is 0 Å². The predicted octanol–water partition coefficient (Wildman–Crippen LogP) is 3.69. The molecule has 0 amide bonds. The highest BCUT2D eigenvalue weighted by Crippen LogP contribution is 2.18. The van der Waals surface area contributed by atoms with Gasteiger partial charge in [0.15, 0.2) is 0 Å². The fourth-order valence-electron chi connectivity index (χ4n) is 2.61. The Morgan fingerprint density at radius 3 is 2.55 bits per heavy atom. The van der Waals surface area contributed by atoms with Crippen molar-refractivity contribution in [1.82, 2.24) is 9.38 Å². The lowest BCUT2D eigenvalue weighted by Crippen LogP contribution is -1.98. The molecular weight excluding hydrogens is 277 g/mol. The van der Waals surface area contributed by atoms with E-state index in [0.29, 0.717) is 12.1 Å². The molecule has 0 atom stereocenters. The van der Waals surface area contributed by atoms with Crippen molar-refractivity contribution < 1.29 is 4.39 Å². The van der Waals surface area contributed by atoms with Crippen LogP contribution in [0.25, 0.3) is 5.65 Å². The van der Waals surface area contributed by atoms with Crippen LogP contribution in [0.3, 0.4) is 0 Å². The first-order chi connectivity index (χ1) is 10.7. The van der Waals surface area contributed by atoms with Crippen LogP contribution < -0.4 is 0 Å². The number of imidazole rings is 1. The van der Waals surface area contributed by atoms with Crippen LogP contribution in [-0.4, -0.2) is 9.38 Å². The topological polar surface area (TPSA) is 41.1 Å². The number of nitrogens with zero attached hydrogens (tertiary/aromatic N) is 3. The van der Waals surface area contributed by atoms with Crippen LogP contribution in [0.5, 0.6) is 0 Å². The minimum atomic E-state index is -0.331. The molecule has 22 heavy (non-hydrogen) atoms.